The monoisotopic (exact) mass is 184 g/mol. The van der Waals surface area contributed by atoms with Crippen molar-refractivity contribution in [3.8, 4) is 0 Å². The van der Waals surface area contributed by atoms with Crippen LogP contribution in [-0.4, -0.2) is 22.6 Å². The zero-order valence-electron chi connectivity index (χ0n) is 6.77. The van der Waals surface area contributed by atoms with Crippen molar-refractivity contribution in [2.75, 3.05) is 6.61 Å². The lowest BCUT2D eigenvalue weighted by molar-refractivity contribution is -0.130. The van der Waals surface area contributed by atoms with E-state index in [-0.39, 0.29) is 5.56 Å². The second kappa shape index (κ2) is 4.11. The zero-order chi connectivity index (χ0) is 9.84. The Hall–Kier alpha value is -1.26. The smallest absolute Gasteiger partial charge is 0.191 e. The molecular formula is C9H9FO3. The summed E-state index contributed by atoms with van der Waals surface area (Å²) in [7, 11) is 0. The topological polar surface area (TPSA) is 57.5 Å². The predicted octanol–water partition coefficient (Wildman–Crippen LogP) is 0.420. The van der Waals surface area contributed by atoms with Crippen molar-refractivity contribution in [2.24, 2.45) is 0 Å². The maximum absolute atomic E-state index is 12.9. The van der Waals surface area contributed by atoms with E-state index in [0.717, 1.165) is 6.07 Å². The normalized spacial score (nSPS) is 12.5. The van der Waals surface area contributed by atoms with E-state index in [0.29, 0.717) is 0 Å². The summed E-state index contributed by atoms with van der Waals surface area (Å²) in [6.07, 6.45) is -1.58. The van der Waals surface area contributed by atoms with Gasteiger partial charge in [0.05, 0.1) is 0 Å². The number of ketones is 1. The number of hydrogen-bond donors (Lipinski definition) is 2. The van der Waals surface area contributed by atoms with Crippen LogP contribution >= 0.6 is 0 Å². The summed E-state index contributed by atoms with van der Waals surface area (Å²) in [6, 6.07) is 5.40. The largest absolute Gasteiger partial charge is 0.388 e. The van der Waals surface area contributed by atoms with E-state index in [4.69, 9.17) is 5.11 Å². The number of rotatable bonds is 3. The van der Waals surface area contributed by atoms with Gasteiger partial charge in [-0.15, -0.1) is 0 Å². The number of hydrogen-bond acceptors (Lipinski definition) is 3. The van der Waals surface area contributed by atoms with E-state index < -0.39 is 24.3 Å². The van der Waals surface area contributed by atoms with Crippen molar-refractivity contribution in [3.05, 3.63) is 35.6 Å². The van der Waals surface area contributed by atoms with Crippen molar-refractivity contribution in [3.63, 3.8) is 0 Å². The molecule has 0 radical (unpaired) electrons. The van der Waals surface area contributed by atoms with E-state index >= 15 is 0 Å². The Balaban J connectivity index is 2.95. The van der Waals surface area contributed by atoms with Gasteiger partial charge in [-0.3, -0.25) is 4.79 Å². The van der Waals surface area contributed by atoms with Gasteiger partial charge in [-0.1, -0.05) is 18.2 Å². The molecule has 0 bridgehead atoms. The van der Waals surface area contributed by atoms with Gasteiger partial charge < -0.3 is 10.2 Å². The van der Waals surface area contributed by atoms with Crippen LogP contribution in [0, 0.1) is 5.82 Å². The van der Waals surface area contributed by atoms with Crippen LogP contribution < -0.4 is 0 Å². The Labute approximate surface area is 74.4 Å². The SMILES string of the molecule is O=C(CO)[C@H](O)c1ccccc1F. The molecule has 13 heavy (non-hydrogen) atoms. The molecule has 0 aliphatic carbocycles. The van der Waals surface area contributed by atoms with Crippen molar-refractivity contribution in [1.29, 1.82) is 0 Å². The number of Topliss-reactive ketones (excluding diaryl/α,β-unsaturated/α-hetero) is 1. The lowest BCUT2D eigenvalue weighted by atomic mass is 10.1. The minimum atomic E-state index is -1.58. The van der Waals surface area contributed by atoms with E-state index in [1.54, 1.807) is 0 Å². The molecule has 4 heteroatoms. The number of carbonyl (C=O) groups is 1. The first-order valence-electron chi connectivity index (χ1n) is 3.73. The summed E-state index contributed by atoms with van der Waals surface area (Å²) < 4.78 is 12.9. The summed E-state index contributed by atoms with van der Waals surface area (Å²) in [5, 5.41) is 17.6. The van der Waals surface area contributed by atoms with Crippen LogP contribution in [-0.2, 0) is 4.79 Å². The van der Waals surface area contributed by atoms with Gasteiger partial charge >= 0.3 is 0 Å². The van der Waals surface area contributed by atoms with E-state index in [1.165, 1.54) is 18.2 Å². The second-order valence-electron chi connectivity index (χ2n) is 2.55. The number of aliphatic hydroxyl groups excluding tert-OH is 2. The number of benzene rings is 1. The Kier molecular flexibility index (Phi) is 3.11. The molecule has 0 unspecified atom stereocenters. The summed E-state index contributed by atoms with van der Waals surface area (Å²) in [5.74, 6) is -1.47. The highest BCUT2D eigenvalue weighted by atomic mass is 19.1. The lowest BCUT2D eigenvalue weighted by Gasteiger charge is -2.08. The second-order valence-corrected chi connectivity index (χ2v) is 2.55. The summed E-state index contributed by atoms with van der Waals surface area (Å²) in [5.41, 5.74) is -0.110. The minimum absolute atomic E-state index is 0.110. The van der Waals surface area contributed by atoms with Gasteiger partial charge in [0.1, 0.15) is 18.5 Å². The molecule has 1 aromatic carbocycles. The fraction of sp³-hybridized carbons (Fsp3) is 0.222. The minimum Gasteiger partial charge on any atom is -0.388 e. The molecule has 1 aromatic rings. The molecule has 1 rings (SSSR count). The Morgan fingerprint density at radius 1 is 1.46 bits per heavy atom. The van der Waals surface area contributed by atoms with E-state index in [1.807, 2.05) is 0 Å². The quantitative estimate of drug-likeness (QED) is 0.715. The molecule has 0 heterocycles. The van der Waals surface area contributed by atoms with Gasteiger partial charge in [-0.25, -0.2) is 4.39 Å². The van der Waals surface area contributed by atoms with Gasteiger partial charge in [0.25, 0.3) is 0 Å². The number of aliphatic hydroxyl groups is 2. The van der Waals surface area contributed by atoms with Crippen LogP contribution in [0.15, 0.2) is 24.3 Å². The fourth-order valence-corrected chi connectivity index (χ4v) is 0.957. The third kappa shape index (κ3) is 2.11. The molecule has 0 aliphatic rings. The van der Waals surface area contributed by atoms with E-state index in [2.05, 4.69) is 0 Å². The van der Waals surface area contributed by atoms with Crippen LogP contribution in [0.1, 0.15) is 11.7 Å². The maximum atomic E-state index is 12.9. The molecule has 0 amide bonds. The van der Waals surface area contributed by atoms with Gasteiger partial charge in [0.2, 0.25) is 0 Å². The standard InChI is InChI=1S/C9H9FO3/c10-7-4-2-1-3-6(7)9(13)8(12)5-11/h1-4,9,11,13H,5H2/t9-/m1/s1. The Morgan fingerprint density at radius 3 is 2.62 bits per heavy atom. The van der Waals surface area contributed by atoms with Gasteiger partial charge in [0, 0.05) is 5.56 Å². The van der Waals surface area contributed by atoms with Crippen LogP contribution in [0.2, 0.25) is 0 Å². The average molecular weight is 184 g/mol. The fourth-order valence-electron chi connectivity index (χ4n) is 0.957. The zero-order valence-corrected chi connectivity index (χ0v) is 6.77. The third-order valence-corrected chi connectivity index (χ3v) is 1.66. The molecule has 2 N–H and O–H groups in total. The summed E-state index contributed by atoms with van der Waals surface area (Å²) in [4.78, 5) is 10.8. The summed E-state index contributed by atoms with van der Waals surface area (Å²) >= 11 is 0. The first kappa shape index (κ1) is 9.83. The molecule has 0 spiro atoms. The first-order valence-corrected chi connectivity index (χ1v) is 3.73. The highest BCUT2D eigenvalue weighted by Gasteiger charge is 2.18. The molecule has 0 aromatic heterocycles. The average Bonchev–Trinajstić information content (AvgIpc) is 2.16. The van der Waals surface area contributed by atoms with Crippen LogP contribution in [0.25, 0.3) is 0 Å². The molecular weight excluding hydrogens is 175 g/mol. The van der Waals surface area contributed by atoms with Crippen LogP contribution in [0.3, 0.4) is 0 Å². The highest BCUT2D eigenvalue weighted by Crippen LogP contribution is 2.16. The number of halogens is 1. The molecule has 3 nitrogen and oxygen atoms in total. The van der Waals surface area contributed by atoms with Gasteiger partial charge in [-0.05, 0) is 6.07 Å². The highest BCUT2D eigenvalue weighted by molar-refractivity contribution is 5.85. The maximum Gasteiger partial charge on any atom is 0.191 e. The third-order valence-electron chi connectivity index (χ3n) is 1.66. The number of carbonyl (C=O) groups excluding carboxylic acids is 1. The molecule has 0 saturated heterocycles. The van der Waals surface area contributed by atoms with Crippen LogP contribution in [0.4, 0.5) is 4.39 Å². The Bertz CT molecular complexity index is 311. The molecule has 0 aliphatic heterocycles. The molecule has 0 fully saturated rings. The molecule has 0 saturated carbocycles. The predicted molar refractivity (Wildman–Crippen MR) is 43.5 cm³/mol. The van der Waals surface area contributed by atoms with Gasteiger partial charge in [0.15, 0.2) is 5.78 Å². The first-order chi connectivity index (χ1) is 6.16. The van der Waals surface area contributed by atoms with Crippen molar-refractivity contribution < 1.29 is 19.4 Å². The van der Waals surface area contributed by atoms with Gasteiger partial charge in [-0.2, -0.15) is 0 Å². The van der Waals surface area contributed by atoms with Crippen LogP contribution in [0.5, 0.6) is 0 Å². The van der Waals surface area contributed by atoms with Crippen molar-refractivity contribution in [1.82, 2.24) is 0 Å². The van der Waals surface area contributed by atoms with Crippen molar-refractivity contribution >= 4 is 5.78 Å². The van der Waals surface area contributed by atoms with Crippen molar-refractivity contribution in [2.45, 2.75) is 6.10 Å². The molecule has 70 valence electrons. The van der Waals surface area contributed by atoms with E-state index in [9.17, 15) is 14.3 Å². The lowest BCUT2D eigenvalue weighted by Crippen LogP contribution is -2.16. The summed E-state index contributed by atoms with van der Waals surface area (Å²) in [6.45, 7) is -0.796. The Morgan fingerprint density at radius 2 is 2.08 bits per heavy atom. The molecule has 1 atom stereocenters.